The first-order chi connectivity index (χ1) is 18.7. The zero-order valence-electron chi connectivity index (χ0n) is 22.2. The summed E-state index contributed by atoms with van der Waals surface area (Å²) in [7, 11) is 3.24. The normalized spacial score (nSPS) is 12.8. The summed E-state index contributed by atoms with van der Waals surface area (Å²) in [6, 6.07) is 19.3. The van der Waals surface area contributed by atoms with Gasteiger partial charge in [-0.15, -0.1) is 0 Å². The van der Waals surface area contributed by atoms with E-state index in [9.17, 15) is 10.5 Å². The second-order valence-electron chi connectivity index (χ2n) is 9.79. The topological polar surface area (TPSA) is 78.0 Å². The molecular formula is C32H23N5O2. The van der Waals surface area contributed by atoms with Gasteiger partial charge in [0.1, 0.15) is 11.5 Å². The number of aryl methyl sites for hydroxylation is 1. The molecule has 0 saturated carbocycles. The van der Waals surface area contributed by atoms with E-state index in [4.69, 9.17) is 22.6 Å². The average molecular weight is 510 g/mol. The second kappa shape index (κ2) is 9.11. The molecule has 0 aromatic heterocycles. The zero-order chi connectivity index (χ0) is 28.1. The number of fused-ring (bicyclic) bond motifs is 3. The van der Waals surface area contributed by atoms with Gasteiger partial charge in [-0.1, -0.05) is 13.8 Å². The maximum Gasteiger partial charge on any atom is 0.228 e. The molecule has 0 amide bonds. The molecule has 1 aliphatic heterocycles. The van der Waals surface area contributed by atoms with Crippen LogP contribution in [0.2, 0.25) is 0 Å². The van der Waals surface area contributed by atoms with Crippen LogP contribution in [0.1, 0.15) is 41.7 Å². The number of ether oxygens (including phenoxy) is 2. The lowest BCUT2D eigenvalue weighted by Gasteiger charge is -2.43. The lowest BCUT2D eigenvalue weighted by Crippen LogP contribution is -2.31. The van der Waals surface area contributed by atoms with E-state index in [0.29, 0.717) is 33.5 Å². The predicted molar refractivity (Wildman–Crippen MR) is 151 cm³/mol. The molecule has 0 N–H and O–H groups in total. The van der Waals surface area contributed by atoms with Crippen molar-refractivity contribution in [2.24, 2.45) is 0 Å². The van der Waals surface area contributed by atoms with Crippen molar-refractivity contribution in [2.45, 2.75) is 26.2 Å². The largest absolute Gasteiger partial charge is 0.497 e. The summed E-state index contributed by atoms with van der Waals surface area (Å²) in [6.07, 6.45) is 0. The predicted octanol–water partition coefficient (Wildman–Crippen LogP) is 8.12. The van der Waals surface area contributed by atoms with Crippen molar-refractivity contribution in [3.8, 4) is 23.6 Å². The Kier molecular flexibility index (Phi) is 5.88. The van der Waals surface area contributed by atoms with Crippen LogP contribution >= 0.6 is 0 Å². The van der Waals surface area contributed by atoms with Gasteiger partial charge in [0.15, 0.2) is 0 Å². The lowest BCUT2D eigenvalue weighted by molar-refractivity contribution is 0.411. The molecule has 0 unspecified atom stereocenters. The number of anilines is 3. The van der Waals surface area contributed by atoms with E-state index in [-0.39, 0.29) is 22.5 Å². The minimum Gasteiger partial charge on any atom is -0.497 e. The SMILES string of the molecule is [C-]#[N+]c1cc2c(N3c4ccc(OC)cc4C(C)(C)c4cc(OC)ccc43)c([N+]#[C-])c(C#N)cc2c(C)c1C#N. The Balaban J connectivity index is 2.03. The Morgan fingerprint density at radius 2 is 1.41 bits per heavy atom. The molecule has 4 aromatic carbocycles. The van der Waals surface area contributed by atoms with E-state index in [2.05, 4.69) is 35.7 Å². The summed E-state index contributed by atoms with van der Waals surface area (Å²) >= 11 is 0. The van der Waals surface area contributed by atoms with Crippen LogP contribution in [0.15, 0.2) is 48.5 Å². The number of methoxy groups -OCH3 is 2. The van der Waals surface area contributed by atoms with Gasteiger partial charge in [0.2, 0.25) is 11.4 Å². The third-order valence-electron chi connectivity index (χ3n) is 7.55. The van der Waals surface area contributed by atoms with Crippen molar-refractivity contribution in [3.63, 3.8) is 0 Å². The fourth-order valence-corrected chi connectivity index (χ4v) is 5.51. The number of hydrogen-bond donors (Lipinski definition) is 0. The highest BCUT2D eigenvalue weighted by atomic mass is 16.5. The first-order valence-corrected chi connectivity index (χ1v) is 12.1. The molecule has 5 rings (SSSR count). The van der Waals surface area contributed by atoms with Crippen molar-refractivity contribution in [1.29, 1.82) is 10.5 Å². The van der Waals surface area contributed by atoms with E-state index in [0.717, 1.165) is 22.5 Å². The zero-order valence-corrected chi connectivity index (χ0v) is 22.2. The van der Waals surface area contributed by atoms with Crippen LogP contribution in [-0.4, -0.2) is 14.2 Å². The molecule has 4 aromatic rings. The van der Waals surface area contributed by atoms with Crippen molar-refractivity contribution in [3.05, 3.63) is 99.2 Å². The van der Waals surface area contributed by atoms with E-state index in [1.165, 1.54) is 0 Å². The van der Waals surface area contributed by atoms with E-state index >= 15 is 0 Å². The summed E-state index contributed by atoms with van der Waals surface area (Å²) < 4.78 is 11.1. The van der Waals surface area contributed by atoms with E-state index in [1.807, 2.05) is 41.3 Å². The maximum atomic E-state index is 10.1. The van der Waals surface area contributed by atoms with Gasteiger partial charge in [-0.25, -0.2) is 9.69 Å². The monoisotopic (exact) mass is 509 g/mol. The molecule has 0 fully saturated rings. The third kappa shape index (κ3) is 3.53. The summed E-state index contributed by atoms with van der Waals surface area (Å²) in [5.41, 5.74) is 5.04. The van der Waals surface area contributed by atoms with Gasteiger partial charge >= 0.3 is 0 Å². The maximum absolute atomic E-state index is 10.1. The molecule has 0 radical (unpaired) electrons. The fourth-order valence-electron chi connectivity index (χ4n) is 5.51. The van der Waals surface area contributed by atoms with Gasteiger partial charge in [0.05, 0.1) is 56.3 Å². The lowest BCUT2D eigenvalue weighted by atomic mass is 9.73. The number of nitrogens with zero attached hydrogens (tertiary/aromatic N) is 5. The number of nitriles is 2. The van der Waals surface area contributed by atoms with Crippen LogP contribution in [0.3, 0.4) is 0 Å². The van der Waals surface area contributed by atoms with Crippen molar-refractivity contribution >= 4 is 39.2 Å². The van der Waals surface area contributed by atoms with Crippen molar-refractivity contribution in [2.75, 3.05) is 19.1 Å². The molecule has 0 spiro atoms. The molecule has 0 aliphatic carbocycles. The quantitative estimate of drug-likeness (QED) is 0.261. The van der Waals surface area contributed by atoms with Crippen LogP contribution in [0.25, 0.3) is 20.5 Å². The molecule has 1 heterocycles. The summed E-state index contributed by atoms with van der Waals surface area (Å²) in [5, 5.41) is 21.2. The Hall–Kier alpha value is -5.50. The highest BCUT2D eigenvalue weighted by molar-refractivity contribution is 6.11. The van der Waals surface area contributed by atoms with Crippen LogP contribution in [0.5, 0.6) is 11.5 Å². The Morgan fingerprint density at radius 3 is 1.87 bits per heavy atom. The molecule has 0 saturated heterocycles. The van der Waals surface area contributed by atoms with Gasteiger partial charge in [0.25, 0.3) is 0 Å². The van der Waals surface area contributed by atoms with Crippen LogP contribution in [0, 0.1) is 42.7 Å². The van der Waals surface area contributed by atoms with Crippen LogP contribution in [0.4, 0.5) is 28.4 Å². The first-order valence-electron chi connectivity index (χ1n) is 12.1. The molecular weight excluding hydrogens is 486 g/mol. The molecule has 0 atom stereocenters. The average Bonchev–Trinajstić information content (AvgIpc) is 2.96. The minimum absolute atomic E-state index is 0.174. The number of hydrogen-bond acceptors (Lipinski definition) is 5. The minimum atomic E-state index is -0.462. The second-order valence-corrected chi connectivity index (χ2v) is 9.79. The summed E-state index contributed by atoms with van der Waals surface area (Å²) in [4.78, 5) is 9.46. The molecule has 188 valence electrons. The van der Waals surface area contributed by atoms with Crippen LogP contribution < -0.4 is 14.4 Å². The highest BCUT2D eigenvalue weighted by Crippen LogP contribution is 2.57. The Bertz CT molecular complexity index is 1820. The first kappa shape index (κ1) is 25.2. The summed E-state index contributed by atoms with van der Waals surface area (Å²) in [6.45, 7) is 21.9. The number of benzene rings is 4. The van der Waals surface area contributed by atoms with Crippen molar-refractivity contribution in [1.82, 2.24) is 0 Å². The molecule has 0 bridgehead atoms. The van der Waals surface area contributed by atoms with Gasteiger partial charge in [0, 0.05) is 16.8 Å². The Morgan fingerprint density at radius 1 is 0.821 bits per heavy atom. The Labute approximate surface area is 227 Å². The molecule has 1 aliphatic rings. The molecule has 39 heavy (non-hydrogen) atoms. The van der Waals surface area contributed by atoms with Gasteiger partial charge in [-0.3, -0.25) is 0 Å². The fraction of sp³-hybridized carbons (Fsp3) is 0.188. The van der Waals surface area contributed by atoms with Gasteiger partial charge in [-0.05, 0) is 82.9 Å². The van der Waals surface area contributed by atoms with Gasteiger partial charge < -0.3 is 14.4 Å². The molecule has 7 nitrogen and oxygen atoms in total. The molecule has 7 heteroatoms. The third-order valence-corrected chi connectivity index (χ3v) is 7.55. The van der Waals surface area contributed by atoms with Crippen molar-refractivity contribution < 1.29 is 9.47 Å². The van der Waals surface area contributed by atoms with E-state index in [1.54, 1.807) is 33.3 Å². The highest BCUT2D eigenvalue weighted by Gasteiger charge is 2.39. The summed E-state index contributed by atoms with van der Waals surface area (Å²) in [5.74, 6) is 1.39. The smallest absolute Gasteiger partial charge is 0.228 e. The van der Waals surface area contributed by atoms with E-state index < -0.39 is 5.41 Å². The van der Waals surface area contributed by atoms with Crippen LogP contribution in [-0.2, 0) is 5.41 Å². The number of rotatable bonds is 3. The standard InChI is InChI=1S/C32H23N5O2/c1-18-22-12-19(16-33)30(36-5)31(23(22)15-27(35-4)24(18)17-34)37-28-10-8-20(38-6)13-25(28)32(2,3)26-14-21(39-7)9-11-29(26)37/h8-15H,1-3,6-7H3. The van der Waals surface area contributed by atoms with Gasteiger partial charge in [-0.2, -0.15) is 10.5 Å².